The quantitative estimate of drug-likeness (QED) is 0.634. The lowest BCUT2D eigenvalue weighted by Gasteiger charge is -2.15. The Morgan fingerprint density at radius 2 is 1.82 bits per heavy atom. The molecule has 0 saturated heterocycles. The van der Waals surface area contributed by atoms with Gasteiger partial charge in [0, 0.05) is 12.6 Å². The Hall–Kier alpha value is -0.150. The standard InChI is InChI=1S/C8H19FN2/c1-6(2)3-8(11)4-7(9)5-10/h6-8H,3-5,10-11H2,1-2H3/t7-,8-/m1/s1. The van der Waals surface area contributed by atoms with E-state index in [4.69, 9.17) is 11.5 Å². The Morgan fingerprint density at radius 1 is 1.27 bits per heavy atom. The summed E-state index contributed by atoms with van der Waals surface area (Å²) in [5.41, 5.74) is 10.8. The van der Waals surface area contributed by atoms with E-state index in [0.29, 0.717) is 12.3 Å². The lowest BCUT2D eigenvalue weighted by molar-refractivity contribution is 0.289. The molecule has 0 aromatic rings. The zero-order valence-corrected chi connectivity index (χ0v) is 7.39. The molecule has 0 unspecified atom stereocenters. The molecular formula is C8H19FN2. The van der Waals surface area contributed by atoms with Crippen LogP contribution in [-0.2, 0) is 0 Å². The molecule has 0 bridgehead atoms. The minimum absolute atomic E-state index is 0.0338. The molecule has 3 heteroatoms. The number of hydrogen-bond acceptors (Lipinski definition) is 2. The minimum Gasteiger partial charge on any atom is -0.328 e. The highest BCUT2D eigenvalue weighted by molar-refractivity contribution is 4.69. The zero-order valence-electron chi connectivity index (χ0n) is 7.39. The van der Waals surface area contributed by atoms with Crippen molar-refractivity contribution in [3.63, 3.8) is 0 Å². The van der Waals surface area contributed by atoms with Crippen LogP contribution in [0.25, 0.3) is 0 Å². The van der Waals surface area contributed by atoms with Crippen LogP contribution in [0.3, 0.4) is 0 Å². The number of halogens is 1. The smallest absolute Gasteiger partial charge is 0.114 e. The van der Waals surface area contributed by atoms with Crippen LogP contribution in [0, 0.1) is 5.92 Å². The SMILES string of the molecule is CC(C)C[C@@H](N)C[C@@H](F)CN. The van der Waals surface area contributed by atoms with Gasteiger partial charge in [-0.2, -0.15) is 0 Å². The molecule has 0 aliphatic carbocycles. The summed E-state index contributed by atoms with van der Waals surface area (Å²) in [6.07, 6.45) is 0.346. The fourth-order valence-corrected chi connectivity index (χ4v) is 1.13. The highest BCUT2D eigenvalue weighted by Gasteiger charge is 2.11. The van der Waals surface area contributed by atoms with Crippen molar-refractivity contribution in [2.45, 2.75) is 38.9 Å². The largest absolute Gasteiger partial charge is 0.328 e. The van der Waals surface area contributed by atoms with E-state index in [9.17, 15) is 4.39 Å². The summed E-state index contributed by atoms with van der Waals surface area (Å²) in [5, 5.41) is 0. The molecule has 2 nitrogen and oxygen atoms in total. The third kappa shape index (κ3) is 6.26. The summed E-state index contributed by atoms with van der Waals surface area (Å²) in [6.45, 7) is 4.25. The van der Waals surface area contributed by atoms with E-state index in [0.717, 1.165) is 6.42 Å². The van der Waals surface area contributed by atoms with Gasteiger partial charge in [0.1, 0.15) is 6.17 Å². The molecule has 0 aliphatic rings. The number of nitrogens with two attached hydrogens (primary N) is 2. The summed E-state index contributed by atoms with van der Waals surface area (Å²) >= 11 is 0. The summed E-state index contributed by atoms with van der Waals surface area (Å²) in [7, 11) is 0. The average molecular weight is 162 g/mol. The molecule has 0 aromatic heterocycles. The first-order valence-electron chi connectivity index (χ1n) is 4.16. The molecule has 0 spiro atoms. The maximum atomic E-state index is 12.6. The highest BCUT2D eigenvalue weighted by Crippen LogP contribution is 2.08. The first-order valence-corrected chi connectivity index (χ1v) is 4.16. The highest BCUT2D eigenvalue weighted by atomic mass is 19.1. The van der Waals surface area contributed by atoms with Crippen LogP contribution < -0.4 is 11.5 Å². The predicted octanol–water partition coefficient (Wildman–Crippen LogP) is 1.05. The molecule has 0 amide bonds. The number of rotatable bonds is 5. The fraction of sp³-hybridized carbons (Fsp3) is 1.00. The van der Waals surface area contributed by atoms with E-state index in [1.54, 1.807) is 0 Å². The first-order chi connectivity index (χ1) is 5.06. The van der Waals surface area contributed by atoms with Crippen LogP contribution in [-0.4, -0.2) is 18.8 Å². The van der Waals surface area contributed by atoms with Crippen molar-refractivity contribution in [2.24, 2.45) is 17.4 Å². The summed E-state index contributed by atoms with van der Waals surface area (Å²) in [5.74, 6) is 0.537. The second kappa shape index (κ2) is 5.49. The molecule has 0 heterocycles. The van der Waals surface area contributed by atoms with Crippen molar-refractivity contribution in [1.82, 2.24) is 0 Å². The third-order valence-electron chi connectivity index (χ3n) is 1.59. The van der Waals surface area contributed by atoms with Gasteiger partial charge in [-0.15, -0.1) is 0 Å². The molecule has 0 rings (SSSR count). The normalized spacial score (nSPS) is 16.9. The van der Waals surface area contributed by atoms with Gasteiger partial charge in [-0.3, -0.25) is 0 Å². The third-order valence-corrected chi connectivity index (χ3v) is 1.59. The molecule has 4 N–H and O–H groups in total. The molecule has 2 atom stereocenters. The summed E-state index contributed by atoms with van der Waals surface area (Å²) in [6, 6.07) is -0.0338. The van der Waals surface area contributed by atoms with Gasteiger partial charge in [0.05, 0.1) is 0 Å². The van der Waals surface area contributed by atoms with Crippen molar-refractivity contribution in [2.75, 3.05) is 6.54 Å². The van der Waals surface area contributed by atoms with Crippen LogP contribution >= 0.6 is 0 Å². The topological polar surface area (TPSA) is 52.0 Å². The number of alkyl halides is 1. The lowest BCUT2D eigenvalue weighted by Crippen LogP contribution is -2.29. The van der Waals surface area contributed by atoms with Crippen LogP contribution in [0.2, 0.25) is 0 Å². The molecular weight excluding hydrogens is 143 g/mol. The molecule has 0 aliphatic heterocycles. The lowest BCUT2D eigenvalue weighted by atomic mass is 10.00. The maximum Gasteiger partial charge on any atom is 0.114 e. The van der Waals surface area contributed by atoms with E-state index in [1.807, 2.05) is 0 Å². The molecule has 68 valence electrons. The van der Waals surface area contributed by atoms with E-state index < -0.39 is 6.17 Å². The van der Waals surface area contributed by atoms with Crippen LogP contribution in [0.4, 0.5) is 4.39 Å². The van der Waals surface area contributed by atoms with Crippen LogP contribution in [0.15, 0.2) is 0 Å². The second-order valence-corrected chi connectivity index (χ2v) is 3.46. The van der Waals surface area contributed by atoms with Gasteiger partial charge in [-0.1, -0.05) is 13.8 Å². The van der Waals surface area contributed by atoms with Gasteiger partial charge in [0.15, 0.2) is 0 Å². The van der Waals surface area contributed by atoms with Crippen molar-refractivity contribution < 1.29 is 4.39 Å². The van der Waals surface area contributed by atoms with E-state index in [2.05, 4.69) is 13.8 Å². The van der Waals surface area contributed by atoms with E-state index in [-0.39, 0.29) is 12.6 Å². The Bertz CT molecular complexity index is 96.1. The van der Waals surface area contributed by atoms with Crippen LogP contribution in [0.1, 0.15) is 26.7 Å². The Balaban J connectivity index is 3.43. The van der Waals surface area contributed by atoms with E-state index in [1.165, 1.54) is 0 Å². The second-order valence-electron chi connectivity index (χ2n) is 3.46. The van der Waals surface area contributed by atoms with Gasteiger partial charge in [-0.25, -0.2) is 4.39 Å². The van der Waals surface area contributed by atoms with Crippen molar-refractivity contribution in [3.05, 3.63) is 0 Å². The Labute approximate surface area is 68.1 Å². The van der Waals surface area contributed by atoms with Gasteiger partial charge < -0.3 is 11.5 Å². The zero-order chi connectivity index (χ0) is 8.85. The van der Waals surface area contributed by atoms with E-state index >= 15 is 0 Å². The minimum atomic E-state index is -0.927. The van der Waals surface area contributed by atoms with Crippen LogP contribution in [0.5, 0.6) is 0 Å². The Morgan fingerprint density at radius 3 is 2.18 bits per heavy atom. The monoisotopic (exact) mass is 162 g/mol. The first kappa shape index (κ1) is 10.8. The van der Waals surface area contributed by atoms with Crippen molar-refractivity contribution >= 4 is 0 Å². The molecule has 0 radical (unpaired) electrons. The maximum absolute atomic E-state index is 12.6. The van der Waals surface area contributed by atoms with Crippen molar-refractivity contribution in [3.8, 4) is 0 Å². The number of hydrogen-bond donors (Lipinski definition) is 2. The molecule has 0 aromatic carbocycles. The fourth-order valence-electron chi connectivity index (χ4n) is 1.13. The summed E-state index contributed by atoms with van der Waals surface area (Å²) in [4.78, 5) is 0. The Kier molecular flexibility index (Phi) is 5.42. The van der Waals surface area contributed by atoms with Crippen molar-refractivity contribution in [1.29, 1.82) is 0 Å². The molecule has 0 fully saturated rings. The van der Waals surface area contributed by atoms with Gasteiger partial charge in [0.2, 0.25) is 0 Å². The molecule has 0 saturated carbocycles. The summed E-state index contributed by atoms with van der Waals surface area (Å²) < 4.78 is 12.6. The predicted molar refractivity (Wildman–Crippen MR) is 46.0 cm³/mol. The van der Waals surface area contributed by atoms with Gasteiger partial charge in [-0.05, 0) is 18.8 Å². The van der Waals surface area contributed by atoms with Gasteiger partial charge >= 0.3 is 0 Å². The van der Waals surface area contributed by atoms with Gasteiger partial charge in [0.25, 0.3) is 0 Å². The molecule has 11 heavy (non-hydrogen) atoms. The average Bonchev–Trinajstić information content (AvgIpc) is 1.85.